The molecular formula is C10H16N4. The first-order chi connectivity index (χ1) is 6.70. The fourth-order valence-electron chi connectivity index (χ4n) is 1.63. The Hall–Kier alpha value is -1.45. The Morgan fingerprint density at radius 2 is 2.29 bits per heavy atom. The van der Waals surface area contributed by atoms with E-state index >= 15 is 0 Å². The molecule has 1 heterocycles. The van der Waals surface area contributed by atoms with Crippen molar-refractivity contribution in [3.05, 3.63) is 12.1 Å². The molecule has 0 saturated heterocycles. The lowest BCUT2D eigenvalue weighted by Gasteiger charge is -2.06. The van der Waals surface area contributed by atoms with E-state index in [1.807, 2.05) is 6.07 Å². The Labute approximate surface area is 83.7 Å². The first-order valence-electron chi connectivity index (χ1n) is 4.99. The van der Waals surface area contributed by atoms with E-state index in [2.05, 4.69) is 17.2 Å². The van der Waals surface area contributed by atoms with Crippen molar-refractivity contribution in [1.29, 1.82) is 0 Å². The molecule has 0 bridgehead atoms. The van der Waals surface area contributed by atoms with Crippen molar-refractivity contribution in [3.63, 3.8) is 0 Å². The van der Waals surface area contributed by atoms with Gasteiger partial charge < -0.3 is 16.8 Å². The van der Waals surface area contributed by atoms with Crippen molar-refractivity contribution in [1.82, 2.24) is 4.98 Å². The molecule has 0 aliphatic heterocycles. The second kappa shape index (κ2) is 3.36. The van der Waals surface area contributed by atoms with Crippen LogP contribution in [-0.2, 0) is 0 Å². The number of nitrogen functional groups attached to an aromatic ring is 2. The molecule has 0 amide bonds. The van der Waals surface area contributed by atoms with Crippen molar-refractivity contribution in [3.8, 4) is 0 Å². The molecule has 1 saturated carbocycles. The molecule has 1 aliphatic rings. The summed E-state index contributed by atoms with van der Waals surface area (Å²) < 4.78 is 0. The highest BCUT2D eigenvalue weighted by Gasteiger charge is 2.35. The van der Waals surface area contributed by atoms with Gasteiger partial charge in [0.25, 0.3) is 0 Å². The predicted molar refractivity (Wildman–Crippen MR) is 58.9 cm³/mol. The normalized spacial score (nSPS) is 24.6. The van der Waals surface area contributed by atoms with E-state index in [-0.39, 0.29) is 0 Å². The number of pyridine rings is 1. The molecule has 0 aromatic carbocycles. The van der Waals surface area contributed by atoms with Gasteiger partial charge in [-0.05, 0) is 24.5 Å². The highest BCUT2D eigenvalue weighted by Crippen LogP contribution is 2.35. The second-order valence-electron chi connectivity index (χ2n) is 3.83. The molecule has 1 aromatic heterocycles. The van der Waals surface area contributed by atoms with Gasteiger partial charge in [0.1, 0.15) is 11.6 Å². The molecule has 76 valence electrons. The molecule has 14 heavy (non-hydrogen) atoms. The first-order valence-corrected chi connectivity index (χ1v) is 4.99. The van der Waals surface area contributed by atoms with Crippen molar-refractivity contribution in [2.45, 2.75) is 25.8 Å². The molecule has 1 aromatic rings. The third-order valence-electron chi connectivity index (χ3n) is 2.74. The minimum absolute atomic E-state index is 0.406. The smallest absolute Gasteiger partial charge is 0.149 e. The van der Waals surface area contributed by atoms with E-state index < -0.39 is 0 Å². The zero-order chi connectivity index (χ0) is 10.1. The highest BCUT2D eigenvalue weighted by molar-refractivity contribution is 5.61. The summed E-state index contributed by atoms with van der Waals surface area (Å²) in [5.41, 5.74) is 11.7. The zero-order valence-corrected chi connectivity index (χ0v) is 8.33. The van der Waals surface area contributed by atoms with Gasteiger partial charge >= 0.3 is 0 Å². The van der Waals surface area contributed by atoms with Crippen LogP contribution in [0.1, 0.15) is 19.8 Å². The summed E-state index contributed by atoms with van der Waals surface area (Å²) in [4.78, 5) is 4.16. The fraction of sp³-hybridized carbons (Fsp3) is 0.500. The molecule has 1 aliphatic carbocycles. The van der Waals surface area contributed by atoms with Gasteiger partial charge in [-0.2, -0.15) is 0 Å². The van der Waals surface area contributed by atoms with Crippen molar-refractivity contribution in [2.75, 3.05) is 16.8 Å². The lowest BCUT2D eigenvalue weighted by molar-refractivity contribution is 0.773. The molecular weight excluding hydrogens is 176 g/mol. The van der Waals surface area contributed by atoms with Gasteiger partial charge in [-0.1, -0.05) is 13.3 Å². The van der Waals surface area contributed by atoms with Gasteiger partial charge in [0.15, 0.2) is 0 Å². The highest BCUT2D eigenvalue weighted by atomic mass is 15.1. The van der Waals surface area contributed by atoms with E-state index in [9.17, 15) is 0 Å². The number of rotatable bonds is 3. The van der Waals surface area contributed by atoms with E-state index in [1.54, 1.807) is 6.07 Å². The van der Waals surface area contributed by atoms with Crippen LogP contribution in [0, 0.1) is 5.92 Å². The maximum atomic E-state index is 5.61. The maximum Gasteiger partial charge on any atom is 0.149 e. The molecule has 1 fully saturated rings. The summed E-state index contributed by atoms with van der Waals surface area (Å²) in [6.45, 7) is 2.21. The third-order valence-corrected chi connectivity index (χ3v) is 2.74. The van der Waals surface area contributed by atoms with Crippen molar-refractivity contribution < 1.29 is 0 Å². The second-order valence-corrected chi connectivity index (χ2v) is 3.83. The fourth-order valence-corrected chi connectivity index (χ4v) is 1.63. The number of nitrogens with two attached hydrogens (primary N) is 2. The third kappa shape index (κ3) is 1.73. The Morgan fingerprint density at radius 1 is 1.50 bits per heavy atom. The van der Waals surface area contributed by atoms with Gasteiger partial charge in [0, 0.05) is 6.04 Å². The van der Waals surface area contributed by atoms with Crippen LogP contribution in [0.4, 0.5) is 17.3 Å². The first kappa shape index (κ1) is 9.12. The molecule has 0 radical (unpaired) electrons. The number of hydrogen-bond acceptors (Lipinski definition) is 4. The van der Waals surface area contributed by atoms with E-state index in [4.69, 9.17) is 11.5 Å². The van der Waals surface area contributed by atoms with Crippen LogP contribution in [0.15, 0.2) is 12.1 Å². The largest absolute Gasteiger partial charge is 0.396 e. The Balaban J connectivity index is 2.00. The maximum absolute atomic E-state index is 5.61. The summed E-state index contributed by atoms with van der Waals surface area (Å²) in [5.74, 6) is 2.04. The average molecular weight is 192 g/mol. The summed E-state index contributed by atoms with van der Waals surface area (Å²) in [6.07, 6.45) is 2.46. The quantitative estimate of drug-likeness (QED) is 0.677. The lowest BCUT2D eigenvalue weighted by atomic mass is 10.3. The van der Waals surface area contributed by atoms with Crippen LogP contribution < -0.4 is 16.8 Å². The van der Waals surface area contributed by atoms with Crippen LogP contribution in [0.3, 0.4) is 0 Å². The van der Waals surface area contributed by atoms with Gasteiger partial charge in [-0.15, -0.1) is 0 Å². The van der Waals surface area contributed by atoms with Crippen molar-refractivity contribution in [2.24, 2.45) is 5.92 Å². The van der Waals surface area contributed by atoms with Crippen LogP contribution >= 0.6 is 0 Å². The van der Waals surface area contributed by atoms with Gasteiger partial charge in [-0.25, -0.2) is 4.98 Å². The lowest BCUT2D eigenvalue weighted by Crippen LogP contribution is -2.07. The Kier molecular flexibility index (Phi) is 2.19. The van der Waals surface area contributed by atoms with Gasteiger partial charge in [0.05, 0.1) is 5.69 Å². The summed E-state index contributed by atoms with van der Waals surface area (Å²) >= 11 is 0. The zero-order valence-electron chi connectivity index (χ0n) is 8.33. The van der Waals surface area contributed by atoms with Crippen LogP contribution in [0.25, 0.3) is 0 Å². The van der Waals surface area contributed by atoms with Gasteiger partial charge in [0.2, 0.25) is 0 Å². The monoisotopic (exact) mass is 192 g/mol. The predicted octanol–water partition coefficient (Wildman–Crippen LogP) is 1.46. The number of nitrogens with zero attached hydrogens (tertiary/aromatic N) is 1. The molecule has 2 rings (SSSR count). The van der Waals surface area contributed by atoms with Crippen molar-refractivity contribution >= 4 is 17.3 Å². The minimum Gasteiger partial charge on any atom is -0.396 e. The number of aromatic nitrogens is 1. The topological polar surface area (TPSA) is 77.0 Å². The van der Waals surface area contributed by atoms with Crippen LogP contribution in [0.5, 0.6) is 0 Å². The van der Waals surface area contributed by atoms with E-state index in [1.165, 1.54) is 12.8 Å². The Morgan fingerprint density at radius 3 is 2.86 bits per heavy atom. The molecule has 4 heteroatoms. The van der Waals surface area contributed by atoms with Crippen LogP contribution in [-0.4, -0.2) is 11.0 Å². The standard InChI is InChI=1S/C10H16N4/c1-2-6-5-8(6)13-9-4-3-7(11)10(12)14-9/h3-4,6,8H,2,5,11H2,1H3,(H3,12,13,14). The number of nitrogens with one attached hydrogen (secondary N) is 1. The average Bonchev–Trinajstić information content (AvgIpc) is 2.90. The number of hydrogen-bond donors (Lipinski definition) is 3. The Bertz CT molecular complexity index is 337. The summed E-state index contributed by atoms with van der Waals surface area (Å²) in [7, 11) is 0. The summed E-state index contributed by atoms with van der Waals surface area (Å²) in [6, 6.07) is 4.24. The molecule has 4 nitrogen and oxygen atoms in total. The van der Waals surface area contributed by atoms with E-state index in [0.717, 1.165) is 11.7 Å². The van der Waals surface area contributed by atoms with E-state index in [0.29, 0.717) is 17.5 Å². The minimum atomic E-state index is 0.406. The molecule has 2 atom stereocenters. The summed E-state index contributed by atoms with van der Waals surface area (Å²) in [5, 5.41) is 3.34. The number of anilines is 3. The van der Waals surface area contributed by atoms with Gasteiger partial charge in [-0.3, -0.25) is 0 Å². The molecule has 2 unspecified atom stereocenters. The molecule has 0 spiro atoms. The van der Waals surface area contributed by atoms with Crippen LogP contribution in [0.2, 0.25) is 0 Å². The SMILES string of the molecule is CCC1CC1Nc1ccc(N)c(N)n1. The molecule has 5 N–H and O–H groups in total.